The van der Waals surface area contributed by atoms with Crippen molar-refractivity contribution in [2.45, 2.75) is 25.9 Å². The van der Waals surface area contributed by atoms with Crippen LogP contribution >= 0.6 is 0 Å². The molecular formula is C15H24N2O4. The molecule has 1 aliphatic rings. The van der Waals surface area contributed by atoms with Crippen LogP contribution in [-0.4, -0.2) is 48.9 Å². The number of carbonyl (C=O) groups excluding carboxylic acids is 1. The molecule has 1 aromatic rings. The minimum Gasteiger partial charge on any atom is -0.467 e. The number of piperidine rings is 1. The number of hydrogen-bond donors (Lipinski definition) is 2. The van der Waals surface area contributed by atoms with Crippen molar-refractivity contribution in [2.24, 2.45) is 5.92 Å². The van der Waals surface area contributed by atoms with Gasteiger partial charge in [0, 0.05) is 32.8 Å². The summed E-state index contributed by atoms with van der Waals surface area (Å²) in [7, 11) is 0. The SMILES string of the molecule is O=C(NCCCOCc1ccco1)N1CCCC(CO)C1. The fourth-order valence-corrected chi connectivity index (χ4v) is 2.45. The smallest absolute Gasteiger partial charge is 0.317 e. The summed E-state index contributed by atoms with van der Waals surface area (Å²) in [5.41, 5.74) is 0. The van der Waals surface area contributed by atoms with E-state index in [0.29, 0.717) is 26.3 Å². The van der Waals surface area contributed by atoms with Crippen LogP contribution in [0.5, 0.6) is 0 Å². The third-order valence-corrected chi connectivity index (χ3v) is 3.63. The van der Waals surface area contributed by atoms with Gasteiger partial charge < -0.3 is 24.5 Å². The molecule has 0 bridgehead atoms. The van der Waals surface area contributed by atoms with E-state index in [2.05, 4.69) is 5.32 Å². The zero-order valence-corrected chi connectivity index (χ0v) is 12.3. The van der Waals surface area contributed by atoms with Crippen molar-refractivity contribution in [1.82, 2.24) is 10.2 Å². The summed E-state index contributed by atoms with van der Waals surface area (Å²) in [6.07, 6.45) is 4.35. The summed E-state index contributed by atoms with van der Waals surface area (Å²) in [6, 6.07) is 3.66. The number of furan rings is 1. The Morgan fingerprint density at radius 2 is 2.48 bits per heavy atom. The average Bonchev–Trinajstić information content (AvgIpc) is 3.04. The summed E-state index contributed by atoms with van der Waals surface area (Å²) in [5.74, 6) is 1.03. The van der Waals surface area contributed by atoms with Gasteiger partial charge in [0.1, 0.15) is 12.4 Å². The lowest BCUT2D eigenvalue weighted by Crippen LogP contribution is -2.46. The van der Waals surface area contributed by atoms with Crippen molar-refractivity contribution in [1.29, 1.82) is 0 Å². The van der Waals surface area contributed by atoms with Crippen molar-refractivity contribution in [3.8, 4) is 0 Å². The molecule has 118 valence electrons. The fraction of sp³-hybridized carbons (Fsp3) is 0.667. The number of aliphatic hydroxyl groups excluding tert-OH is 1. The van der Waals surface area contributed by atoms with E-state index >= 15 is 0 Å². The highest BCUT2D eigenvalue weighted by Gasteiger charge is 2.22. The van der Waals surface area contributed by atoms with Crippen molar-refractivity contribution in [3.63, 3.8) is 0 Å². The summed E-state index contributed by atoms with van der Waals surface area (Å²) in [4.78, 5) is 13.7. The molecule has 2 rings (SSSR count). The van der Waals surface area contributed by atoms with Gasteiger partial charge in [0.25, 0.3) is 0 Å². The van der Waals surface area contributed by atoms with Crippen molar-refractivity contribution in [2.75, 3.05) is 32.8 Å². The van der Waals surface area contributed by atoms with Crippen LogP contribution < -0.4 is 5.32 Å². The van der Waals surface area contributed by atoms with Crippen molar-refractivity contribution in [3.05, 3.63) is 24.2 Å². The predicted molar refractivity (Wildman–Crippen MR) is 77.8 cm³/mol. The molecule has 1 fully saturated rings. The highest BCUT2D eigenvalue weighted by Crippen LogP contribution is 2.15. The lowest BCUT2D eigenvalue weighted by Gasteiger charge is -2.31. The van der Waals surface area contributed by atoms with Gasteiger partial charge in [-0.05, 0) is 37.3 Å². The molecule has 0 aromatic carbocycles. The summed E-state index contributed by atoms with van der Waals surface area (Å²) in [6.45, 7) is 3.22. The van der Waals surface area contributed by atoms with Crippen LogP contribution in [0.2, 0.25) is 0 Å². The number of rotatable bonds is 7. The third-order valence-electron chi connectivity index (χ3n) is 3.63. The third kappa shape index (κ3) is 5.40. The van der Waals surface area contributed by atoms with Crippen LogP contribution in [0, 0.1) is 5.92 Å². The number of amides is 2. The van der Waals surface area contributed by atoms with Crippen LogP contribution in [0.15, 0.2) is 22.8 Å². The second kappa shape index (κ2) is 8.69. The van der Waals surface area contributed by atoms with E-state index in [1.807, 2.05) is 12.1 Å². The van der Waals surface area contributed by atoms with E-state index in [1.54, 1.807) is 11.2 Å². The Hall–Kier alpha value is -1.53. The minimum absolute atomic E-state index is 0.0424. The lowest BCUT2D eigenvalue weighted by atomic mass is 9.99. The molecule has 6 heteroatoms. The van der Waals surface area contributed by atoms with E-state index in [1.165, 1.54) is 0 Å². The number of urea groups is 1. The zero-order valence-electron chi connectivity index (χ0n) is 12.3. The molecule has 6 nitrogen and oxygen atoms in total. The number of nitrogens with one attached hydrogen (secondary N) is 1. The topological polar surface area (TPSA) is 74.9 Å². The minimum atomic E-state index is -0.0424. The van der Waals surface area contributed by atoms with Crippen molar-refractivity contribution >= 4 is 6.03 Å². The van der Waals surface area contributed by atoms with Crippen LogP contribution in [0.1, 0.15) is 25.0 Å². The summed E-state index contributed by atoms with van der Waals surface area (Å²) in [5, 5.41) is 12.1. The monoisotopic (exact) mass is 296 g/mol. The van der Waals surface area contributed by atoms with Gasteiger partial charge in [-0.15, -0.1) is 0 Å². The van der Waals surface area contributed by atoms with Crippen LogP contribution in [0.25, 0.3) is 0 Å². The van der Waals surface area contributed by atoms with E-state index in [4.69, 9.17) is 14.3 Å². The number of aliphatic hydroxyl groups is 1. The normalized spacial score (nSPS) is 18.7. The Balaban J connectivity index is 1.52. The average molecular weight is 296 g/mol. The standard InChI is InChI=1S/C15H24N2O4/c18-11-13-4-1-7-17(10-13)15(19)16-6-3-8-20-12-14-5-2-9-21-14/h2,5,9,13,18H,1,3-4,6-8,10-12H2,(H,16,19). The first-order valence-corrected chi connectivity index (χ1v) is 7.53. The largest absolute Gasteiger partial charge is 0.467 e. The van der Waals surface area contributed by atoms with Crippen LogP contribution in [0.3, 0.4) is 0 Å². The van der Waals surface area contributed by atoms with Crippen LogP contribution in [-0.2, 0) is 11.3 Å². The number of ether oxygens (including phenoxy) is 1. The van der Waals surface area contributed by atoms with E-state index in [9.17, 15) is 4.79 Å². The van der Waals surface area contributed by atoms with Crippen LogP contribution in [0.4, 0.5) is 4.79 Å². The van der Waals surface area contributed by atoms with Gasteiger partial charge in [-0.3, -0.25) is 0 Å². The number of likely N-dealkylation sites (tertiary alicyclic amines) is 1. The molecule has 1 saturated heterocycles. The molecule has 0 saturated carbocycles. The van der Waals surface area contributed by atoms with Gasteiger partial charge in [0.2, 0.25) is 0 Å². The van der Waals surface area contributed by atoms with Gasteiger partial charge >= 0.3 is 6.03 Å². The first kappa shape index (κ1) is 15.9. The first-order chi connectivity index (χ1) is 10.3. The summed E-state index contributed by atoms with van der Waals surface area (Å²) >= 11 is 0. The number of carbonyl (C=O) groups is 1. The molecule has 1 aromatic heterocycles. The maximum atomic E-state index is 12.0. The molecule has 1 atom stereocenters. The zero-order chi connectivity index (χ0) is 14.9. The van der Waals surface area contributed by atoms with Crippen molar-refractivity contribution < 1.29 is 19.1 Å². The molecule has 0 radical (unpaired) electrons. The molecule has 0 aliphatic carbocycles. The van der Waals surface area contributed by atoms with E-state index < -0.39 is 0 Å². The summed E-state index contributed by atoms with van der Waals surface area (Å²) < 4.78 is 10.6. The lowest BCUT2D eigenvalue weighted by molar-refractivity contribution is 0.103. The molecular weight excluding hydrogens is 272 g/mol. The molecule has 2 amide bonds. The highest BCUT2D eigenvalue weighted by molar-refractivity contribution is 5.74. The highest BCUT2D eigenvalue weighted by atomic mass is 16.5. The predicted octanol–water partition coefficient (Wildman–Crippen LogP) is 1.60. The molecule has 21 heavy (non-hydrogen) atoms. The first-order valence-electron chi connectivity index (χ1n) is 7.53. The Morgan fingerprint density at radius 1 is 1.57 bits per heavy atom. The molecule has 1 aliphatic heterocycles. The Morgan fingerprint density at radius 3 is 3.24 bits per heavy atom. The number of hydrogen-bond acceptors (Lipinski definition) is 4. The second-order valence-corrected chi connectivity index (χ2v) is 5.35. The van der Waals surface area contributed by atoms with Gasteiger partial charge in [-0.2, -0.15) is 0 Å². The van der Waals surface area contributed by atoms with Gasteiger partial charge in [0.05, 0.1) is 6.26 Å². The Kier molecular flexibility index (Phi) is 6.56. The Bertz CT molecular complexity index is 408. The fourth-order valence-electron chi connectivity index (χ4n) is 2.45. The van der Waals surface area contributed by atoms with E-state index in [0.717, 1.165) is 31.6 Å². The van der Waals surface area contributed by atoms with Gasteiger partial charge in [-0.1, -0.05) is 0 Å². The quantitative estimate of drug-likeness (QED) is 0.749. The maximum absolute atomic E-state index is 12.0. The van der Waals surface area contributed by atoms with E-state index in [-0.39, 0.29) is 18.6 Å². The Labute approximate surface area is 125 Å². The molecule has 0 spiro atoms. The molecule has 2 heterocycles. The maximum Gasteiger partial charge on any atom is 0.317 e. The van der Waals surface area contributed by atoms with Gasteiger partial charge in [-0.25, -0.2) is 4.79 Å². The number of nitrogens with zero attached hydrogens (tertiary/aromatic N) is 1. The van der Waals surface area contributed by atoms with Gasteiger partial charge in [0.15, 0.2) is 0 Å². The molecule has 1 unspecified atom stereocenters. The molecule has 2 N–H and O–H groups in total. The second-order valence-electron chi connectivity index (χ2n) is 5.35.